The highest BCUT2D eigenvalue weighted by molar-refractivity contribution is 5.74. The first kappa shape index (κ1) is 9.20. The number of nitrogens with two attached hydrogens (primary N) is 1. The van der Waals surface area contributed by atoms with Crippen molar-refractivity contribution in [1.29, 1.82) is 0 Å². The maximum absolute atomic E-state index is 11.0. The van der Waals surface area contributed by atoms with Crippen molar-refractivity contribution >= 4 is 5.91 Å². The van der Waals surface area contributed by atoms with Gasteiger partial charge in [0.05, 0.1) is 0 Å². The van der Waals surface area contributed by atoms with Crippen LogP contribution in [0.3, 0.4) is 0 Å². The van der Waals surface area contributed by atoms with Gasteiger partial charge in [-0.05, 0) is 0 Å². The number of rotatable bonds is 2. The van der Waals surface area contributed by atoms with E-state index in [0.29, 0.717) is 0 Å². The molecule has 1 heterocycles. The van der Waals surface area contributed by atoms with Gasteiger partial charge in [-0.1, -0.05) is 0 Å². The first-order valence-electron chi connectivity index (χ1n) is 3.42. The Kier molecular flexibility index (Phi) is 2.60. The molecule has 1 rings (SSSR count). The van der Waals surface area contributed by atoms with Crippen LogP contribution in [-0.2, 0) is 11.3 Å². The predicted molar refractivity (Wildman–Crippen MR) is 43.7 cm³/mol. The molecule has 0 radical (unpaired) electrons. The lowest BCUT2D eigenvalue weighted by Crippen LogP contribution is -2.38. The highest BCUT2D eigenvalue weighted by Crippen LogP contribution is 1.75. The molecule has 7 nitrogen and oxygen atoms in total. The highest BCUT2D eigenvalue weighted by Gasteiger charge is 2.01. The van der Waals surface area contributed by atoms with Crippen LogP contribution in [-0.4, -0.2) is 15.5 Å². The van der Waals surface area contributed by atoms with Gasteiger partial charge in [-0.25, -0.2) is 10.6 Å². The highest BCUT2D eigenvalue weighted by atomic mass is 16.2. The number of hydrogen-bond acceptors (Lipinski definition) is 4. The van der Waals surface area contributed by atoms with Crippen LogP contribution in [0.1, 0.15) is 0 Å². The maximum atomic E-state index is 11.0. The molecule has 1 aromatic rings. The third-order valence-corrected chi connectivity index (χ3v) is 1.37. The second-order valence-electron chi connectivity index (χ2n) is 2.31. The van der Waals surface area contributed by atoms with Gasteiger partial charge in [-0.15, -0.1) is 0 Å². The Morgan fingerprint density at radius 3 is 2.85 bits per heavy atom. The Balaban J connectivity index is 2.97. The topological polar surface area (TPSA) is 110 Å². The van der Waals surface area contributed by atoms with Crippen molar-refractivity contribution in [2.45, 2.75) is 6.54 Å². The van der Waals surface area contributed by atoms with Crippen molar-refractivity contribution in [2.24, 2.45) is 5.84 Å². The molecule has 0 bridgehead atoms. The van der Waals surface area contributed by atoms with E-state index in [0.717, 1.165) is 10.6 Å². The largest absolute Gasteiger partial charge is 0.328 e. The number of aromatic nitrogens is 2. The molecule has 0 fully saturated rings. The molecule has 0 unspecified atom stereocenters. The molecule has 0 atom stereocenters. The maximum Gasteiger partial charge on any atom is 0.328 e. The third-order valence-electron chi connectivity index (χ3n) is 1.37. The Bertz CT molecular complexity index is 418. The second kappa shape index (κ2) is 3.68. The van der Waals surface area contributed by atoms with Crippen LogP contribution in [0.2, 0.25) is 0 Å². The molecule has 13 heavy (non-hydrogen) atoms. The van der Waals surface area contributed by atoms with Gasteiger partial charge in [0.25, 0.3) is 11.5 Å². The van der Waals surface area contributed by atoms with Gasteiger partial charge >= 0.3 is 5.69 Å². The summed E-state index contributed by atoms with van der Waals surface area (Å²) in [6, 6.07) is 1.14. The van der Waals surface area contributed by atoms with E-state index in [1.807, 2.05) is 10.4 Å². The second-order valence-corrected chi connectivity index (χ2v) is 2.31. The number of hydrazine groups is 1. The third kappa shape index (κ3) is 2.27. The Morgan fingerprint density at radius 2 is 2.31 bits per heavy atom. The van der Waals surface area contributed by atoms with E-state index >= 15 is 0 Å². The number of nitrogens with one attached hydrogen (secondary N) is 2. The van der Waals surface area contributed by atoms with E-state index < -0.39 is 17.2 Å². The van der Waals surface area contributed by atoms with Crippen molar-refractivity contribution in [3.05, 3.63) is 33.1 Å². The molecule has 0 aromatic carbocycles. The van der Waals surface area contributed by atoms with Crippen molar-refractivity contribution in [3.8, 4) is 0 Å². The molecular weight excluding hydrogens is 176 g/mol. The fourth-order valence-electron chi connectivity index (χ4n) is 0.769. The minimum Gasteiger partial charge on any atom is -0.293 e. The molecular formula is C6H8N4O3. The van der Waals surface area contributed by atoms with Gasteiger partial charge in [0.1, 0.15) is 6.54 Å². The smallest absolute Gasteiger partial charge is 0.293 e. The monoisotopic (exact) mass is 184 g/mol. The van der Waals surface area contributed by atoms with Crippen LogP contribution in [0.15, 0.2) is 21.9 Å². The number of carbonyl (C=O) groups is 1. The SMILES string of the molecule is NNC(=O)Cn1ccc(=O)[nH]c1=O. The molecule has 0 aliphatic carbocycles. The summed E-state index contributed by atoms with van der Waals surface area (Å²) in [6.45, 7) is -0.216. The molecule has 0 aliphatic heterocycles. The summed E-state index contributed by atoms with van der Waals surface area (Å²) in [4.78, 5) is 34.3. The molecule has 70 valence electrons. The summed E-state index contributed by atoms with van der Waals surface area (Å²) in [6.07, 6.45) is 1.22. The molecule has 0 aliphatic rings. The zero-order valence-electron chi connectivity index (χ0n) is 6.61. The molecule has 4 N–H and O–H groups in total. The van der Waals surface area contributed by atoms with Crippen molar-refractivity contribution in [1.82, 2.24) is 15.0 Å². The average Bonchev–Trinajstić information content (AvgIpc) is 2.09. The summed E-state index contributed by atoms with van der Waals surface area (Å²) in [5.41, 5.74) is 0.717. The minimum atomic E-state index is -0.642. The Hall–Kier alpha value is -1.89. The van der Waals surface area contributed by atoms with Crippen LogP contribution in [0.5, 0.6) is 0 Å². The summed E-state index contributed by atoms with van der Waals surface area (Å²) in [5.74, 6) is 4.29. The van der Waals surface area contributed by atoms with Crippen LogP contribution in [0, 0.1) is 0 Å². The number of carbonyl (C=O) groups excluding carboxylic acids is 1. The minimum absolute atomic E-state index is 0.216. The Morgan fingerprint density at radius 1 is 1.62 bits per heavy atom. The van der Waals surface area contributed by atoms with Crippen LogP contribution in [0.25, 0.3) is 0 Å². The normalized spacial score (nSPS) is 9.62. The standard InChI is InChI=1S/C6H8N4O3/c7-9-5(12)3-10-2-1-4(11)8-6(10)13/h1-2H,3,7H2,(H,9,12)(H,8,11,13). The van der Waals surface area contributed by atoms with Gasteiger partial charge in [0, 0.05) is 12.3 Å². The van der Waals surface area contributed by atoms with Crippen molar-refractivity contribution in [2.75, 3.05) is 0 Å². The van der Waals surface area contributed by atoms with E-state index in [1.54, 1.807) is 0 Å². The van der Waals surface area contributed by atoms with Crippen molar-refractivity contribution < 1.29 is 4.79 Å². The summed E-state index contributed by atoms with van der Waals surface area (Å²) in [5, 5.41) is 0. The molecule has 0 saturated carbocycles. The lowest BCUT2D eigenvalue weighted by atomic mass is 10.5. The fraction of sp³-hybridized carbons (Fsp3) is 0.167. The molecule has 7 heteroatoms. The molecule has 0 saturated heterocycles. The first-order valence-corrected chi connectivity index (χ1v) is 3.42. The molecule has 1 aromatic heterocycles. The number of amides is 1. The van der Waals surface area contributed by atoms with E-state index in [2.05, 4.69) is 0 Å². The average molecular weight is 184 g/mol. The quantitative estimate of drug-likeness (QED) is 0.268. The van der Waals surface area contributed by atoms with E-state index in [1.165, 1.54) is 6.20 Å². The molecule has 1 amide bonds. The summed E-state index contributed by atoms with van der Waals surface area (Å²) in [7, 11) is 0. The van der Waals surface area contributed by atoms with Crippen LogP contribution >= 0.6 is 0 Å². The fourth-order valence-corrected chi connectivity index (χ4v) is 0.769. The summed E-state index contributed by atoms with van der Waals surface area (Å²) < 4.78 is 1.03. The van der Waals surface area contributed by atoms with E-state index in [9.17, 15) is 14.4 Å². The molecule has 0 spiro atoms. The summed E-state index contributed by atoms with van der Waals surface area (Å²) >= 11 is 0. The number of nitrogens with zero attached hydrogens (tertiary/aromatic N) is 1. The van der Waals surface area contributed by atoms with Gasteiger partial charge in [-0.3, -0.25) is 24.6 Å². The van der Waals surface area contributed by atoms with Crippen molar-refractivity contribution in [3.63, 3.8) is 0 Å². The lowest BCUT2D eigenvalue weighted by Gasteiger charge is -2.01. The van der Waals surface area contributed by atoms with Gasteiger partial charge in [0.2, 0.25) is 0 Å². The van der Waals surface area contributed by atoms with Gasteiger partial charge in [-0.2, -0.15) is 0 Å². The Labute approximate surface area is 72.2 Å². The number of aromatic amines is 1. The first-order chi connectivity index (χ1) is 6.13. The number of H-pyrrole nitrogens is 1. The van der Waals surface area contributed by atoms with Crippen LogP contribution in [0.4, 0.5) is 0 Å². The van der Waals surface area contributed by atoms with E-state index in [4.69, 9.17) is 5.84 Å². The zero-order chi connectivity index (χ0) is 9.84. The van der Waals surface area contributed by atoms with Crippen LogP contribution < -0.4 is 22.5 Å². The lowest BCUT2D eigenvalue weighted by molar-refractivity contribution is -0.121. The zero-order valence-corrected chi connectivity index (χ0v) is 6.61. The van der Waals surface area contributed by atoms with E-state index in [-0.39, 0.29) is 6.54 Å². The van der Waals surface area contributed by atoms with Gasteiger partial charge < -0.3 is 0 Å². The predicted octanol–water partition coefficient (Wildman–Crippen LogP) is -2.47. The number of hydrogen-bond donors (Lipinski definition) is 3. The van der Waals surface area contributed by atoms with Gasteiger partial charge in [0.15, 0.2) is 0 Å².